The number of halogens is 1. The average molecular weight is 504 g/mol. The molecule has 1 heterocycles. The number of hydrogen-bond donors (Lipinski definition) is 2. The standard InChI is InChI=1S/C19H28N4O2S.HI/c1-5-15-12-22-18(26-15)13-23-19(20-6-2)21-10-9-14-7-8-16(24-3)17(11-14)25-4;/h7-8,11-12H,5-6,9-10,13H2,1-4H3,(H2,20,21,23);1H. The van der Waals surface area contributed by atoms with E-state index in [-0.39, 0.29) is 24.0 Å². The zero-order valence-corrected chi connectivity index (χ0v) is 19.5. The highest BCUT2D eigenvalue weighted by Crippen LogP contribution is 2.27. The average Bonchev–Trinajstić information content (AvgIpc) is 3.14. The number of thiazole rings is 1. The number of aromatic nitrogens is 1. The van der Waals surface area contributed by atoms with Crippen LogP contribution in [0.15, 0.2) is 29.4 Å². The Morgan fingerprint density at radius 1 is 1.15 bits per heavy atom. The van der Waals surface area contributed by atoms with Gasteiger partial charge in [0.1, 0.15) is 5.01 Å². The molecule has 1 aromatic carbocycles. The molecule has 2 rings (SSSR count). The quantitative estimate of drug-likeness (QED) is 0.310. The van der Waals surface area contributed by atoms with E-state index in [9.17, 15) is 0 Å². The van der Waals surface area contributed by atoms with Crippen molar-refractivity contribution in [2.75, 3.05) is 27.3 Å². The maximum absolute atomic E-state index is 5.35. The molecular formula is C19H29IN4O2S. The fourth-order valence-corrected chi connectivity index (χ4v) is 3.22. The summed E-state index contributed by atoms with van der Waals surface area (Å²) in [4.78, 5) is 10.3. The van der Waals surface area contributed by atoms with Crippen LogP contribution in [0.1, 0.15) is 29.3 Å². The van der Waals surface area contributed by atoms with Crippen LogP contribution in [-0.2, 0) is 19.4 Å². The highest BCUT2D eigenvalue weighted by molar-refractivity contribution is 14.0. The van der Waals surface area contributed by atoms with Crippen molar-refractivity contribution in [1.29, 1.82) is 0 Å². The number of methoxy groups -OCH3 is 2. The molecule has 0 radical (unpaired) electrons. The van der Waals surface area contributed by atoms with E-state index in [1.54, 1.807) is 25.6 Å². The maximum Gasteiger partial charge on any atom is 0.191 e. The van der Waals surface area contributed by atoms with Crippen molar-refractivity contribution in [2.45, 2.75) is 33.2 Å². The molecule has 27 heavy (non-hydrogen) atoms. The summed E-state index contributed by atoms with van der Waals surface area (Å²) in [6, 6.07) is 5.99. The summed E-state index contributed by atoms with van der Waals surface area (Å²) in [6.07, 6.45) is 3.82. The highest BCUT2D eigenvalue weighted by Gasteiger charge is 2.05. The van der Waals surface area contributed by atoms with Gasteiger partial charge in [-0.2, -0.15) is 0 Å². The summed E-state index contributed by atoms with van der Waals surface area (Å²) in [7, 11) is 3.29. The van der Waals surface area contributed by atoms with E-state index in [0.29, 0.717) is 6.54 Å². The SMILES string of the molecule is CCNC(=NCc1ncc(CC)s1)NCCc1ccc(OC)c(OC)c1.I. The van der Waals surface area contributed by atoms with Crippen molar-refractivity contribution in [3.63, 3.8) is 0 Å². The first-order valence-corrected chi connectivity index (χ1v) is 9.68. The second-order valence-electron chi connectivity index (χ2n) is 5.64. The van der Waals surface area contributed by atoms with Gasteiger partial charge in [-0.25, -0.2) is 9.98 Å². The number of rotatable bonds is 9. The zero-order chi connectivity index (χ0) is 18.8. The lowest BCUT2D eigenvalue weighted by atomic mass is 10.1. The van der Waals surface area contributed by atoms with Gasteiger partial charge < -0.3 is 20.1 Å². The third-order valence-electron chi connectivity index (χ3n) is 3.82. The van der Waals surface area contributed by atoms with Crippen molar-refractivity contribution >= 4 is 41.3 Å². The number of guanidine groups is 1. The third-order valence-corrected chi connectivity index (χ3v) is 4.95. The molecule has 0 aliphatic rings. The van der Waals surface area contributed by atoms with Gasteiger partial charge in [0.15, 0.2) is 17.5 Å². The number of hydrogen-bond acceptors (Lipinski definition) is 5. The van der Waals surface area contributed by atoms with Gasteiger partial charge in [0.2, 0.25) is 0 Å². The topological polar surface area (TPSA) is 67.8 Å². The summed E-state index contributed by atoms with van der Waals surface area (Å²) in [5.41, 5.74) is 1.18. The van der Waals surface area contributed by atoms with Gasteiger partial charge in [-0.1, -0.05) is 13.0 Å². The lowest BCUT2D eigenvalue weighted by molar-refractivity contribution is 0.354. The van der Waals surface area contributed by atoms with Crippen LogP contribution in [0.5, 0.6) is 11.5 Å². The van der Waals surface area contributed by atoms with Crippen molar-refractivity contribution < 1.29 is 9.47 Å². The Bertz CT molecular complexity index is 721. The third kappa shape index (κ3) is 7.53. The fourth-order valence-electron chi connectivity index (χ4n) is 2.43. The van der Waals surface area contributed by atoms with Crippen molar-refractivity contribution in [1.82, 2.24) is 15.6 Å². The van der Waals surface area contributed by atoms with Crippen LogP contribution in [-0.4, -0.2) is 38.3 Å². The molecule has 0 aliphatic heterocycles. The van der Waals surface area contributed by atoms with Crippen LogP contribution in [0.2, 0.25) is 0 Å². The second kappa shape index (κ2) is 12.8. The number of ether oxygens (including phenoxy) is 2. The summed E-state index contributed by atoms with van der Waals surface area (Å²) in [6.45, 7) is 6.39. The second-order valence-corrected chi connectivity index (χ2v) is 6.83. The van der Waals surface area contributed by atoms with E-state index < -0.39 is 0 Å². The van der Waals surface area contributed by atoms with Gasteiger partial charge in [-0.05, 0) is 37.5 Å². The van der Waals surface area contributed by atoms with Crippen LogP contribution in [0.4, 0.5) is 0 Å². The lowest BCUT2D eigenvalue weighted by Crippen LogP contribution is -2.38. The maximum atomic E-state index is 5.35. The smallest absolute Gasteiger partial charge is 0.191 e. The number of nitrogens with one attached hydrogen (secondary N) is 2. The van der Waals surface area contributed by atoms with Gasteiger partial charge in [0.25, 0.3) is 0 Å². The highest BCUT2D eigenvalue weighted by atomic mass is 127. The Balaban J connectivity index is 0.00000364. The first kappa shape index (κ1) is 23.5. The molecule has 8 heteroatoms. The first-order chi connectivity index (χ1) is 12.7. The molecule has 0 saturated carbocycles. The molecule has 0 unspecified atom stereocenters. The van der Waals surface area contributed by atoms with E-state index in [1.165, 1.54) is 10.4 Å². The molecule has 0 spiro atoms. The van der Waals surface area contributed by atoms with Crippen LogP contribution in [0, 0.1) is 0 Å². The molecule has 0 fully saturated rings. The molecule has 2 N–H and O–H groups in total. The molecule has 2 aromatic rings. The summed E-state index contributed by atoms with van der Waals surface area (Å²) in [5, 5.41) is 7.68. The monoisotopic (exact) mass is 504 g/mol. The van der Waals surface area contributed by atoms with E-state index in [0.717, 1.165) is 48.4 Å². The molecule has 1 aromatic heterocycles. The fraction of sp³-hybridized carbons (Fsp3) is 0.474. The van der Waals surface area contributed by atoms with Crippen LogP contribution in [0.3, 0.4) is 0 Å². The predicted octanol–water partition coefficient (Wildman–Crippen LogP) is 3.64. The van der Waals surface area contributed by atoms with E-state index >= 15 is 0 Å². The molecule has 6 nitrogen and oxygen atoms in total. The van der Waals surface area contributed by atoms with E-state index in [4.69, 9.17) is 9.47 Å². The normalized spacial score (nSPS) is 10.9. The molecular weight excluding hydrogens is 475 g/mol. The minimum Gasteiger partial charge on any atom is -0.493 e. The first-order valence-electron chi connectivity index (χ1n) is 8.86. The van der Waals surface area contributed by atoms with Crippen molar-refractivity contribution in [3.05, 3.63) is 39.8 Å². The molecule has 0 amide bonds. The zero-order valence-electron chi connectivity index (χ0n) is 16.4. The molecule has 0 saturated heterocycles. The van der Waals surface area contributed by atoms with Crippen molar-refractivity contribution in [3.8, 4) is 11.5 Å². The number of nitrogens with zero attached hydrogens (tertiary/aromatic N) is 2. The van der Waals surface area contributed by atoms with E-state index in [2.05, 4.69) is 40.5 Å². The summed E-state index contributed by atoms with van der Waals surface area (Å²) < 4.78 is 10.6. The van der Waals surface area contributed by atoms with Gasteiger partial charge in [-0.15, -0.1) is 35.3 Å². The van der Waals surface area contributed by atoms with Crippen LogP contribution >= 0.6 is 35.3 Å². The Labute approximate surface area is 182 Å². The van der Waals surface area contributed by atoms with Crippen LogP contribution in [0.25, 0.3) is 0 Å². The predicted molar refractivity (Wildman–Crippen MR) is 123 cm³/mol. The number of benzene rings is 1. The van der Waals surface area contributed by atoms with Gasteiger partial charge in [0, 0.05) is 24.2 Å². The molecule has 150 valence electrons. The Morgan fingerprint density at radius 3 is 2.56 bits per heavy atom. The summed E-state index contributed by atoms with van der Waals surface area (Å²) in [5.74, 6) is 2.30. The summed E-state index contributed by atoms with van der Waals surface area (Å²) >= 11 is 1.72. The van der Waals surface area contributed by atoms with Crippen molar-refractivity contribution in [2.24, 2.45) is 4.99 Å². The number of aliphatic imine (C=N–C) groups is 1. The minimum atomic E-state index is 0. The number of aryl methyl sites for hydroxylation is 1. The minimum absolute atomic E-state index is 0. The largest absolute Gasteiger partial charge is 0.493 e. The van der Waals surface area contributed by atoms with Gasteiger partial charge in [-0.3, -0.25) is 0 Å². The molecule has 0 bridgehead atoms. The Kier molecular flexibility index (Phi) is 11.1. The van der Waals surface area contributed by atoms with Crippen LogP contribution < -0.4 is 20.1 Å². The molecule has 0 atom stereocenters. The van der Waals surface area contributed by atoms with Gasteiger partial charge >= 0.3 is 0 Å². The Morgan fingerprint density at radius 2 is 1.93 bits per heavy atom. The van der Waals surface area contributed by atoms with Gasteiger partial charge in [0.05, 0.1) is 20.8 Å². The lowest BCUT2D eigenvalue weighted by Gasteiger charge is -2.12. The Hall–Kier alpha value is -1.55. The van der Waals surface area contributed by atoms with E-state index in [1.807, 2.05) is 18.3 Å². The molecule has 0 aliphatic carbocycles.